The molecule has 2 heterocycles. The molecule has 0 bridgehead atoms. The minimum absolute atomic E-state index is 0.301. The van der Waals surface area contributed by atoms with Gasteiger partial charge in [0.15, 0.2) is 6.10 Å². The average Bonchev–Trinajstić information content (AvgIpc) is 3.33. The maximum atomic E-state index is 12.2. The van der Waals surface area contributed by atoms with E-state index in [0.717, 1.165) is 0 Å². The van der Waals surface area contributed by atoms with Crippen molar-refractivity contribution in [3.8, 4) is 22.9 Å². The zero-order valence-electron chi connectivity index (χ0n) is 14.1. The molecule has 3 aromatic rings. The predicted octanol–water partition coefficient (Wildman–Crippen LogP) is 3.62. The summed E-state index contributed by atoms with van der Waals surface area (Å²) in [7, 11) is 0. The monoisotopic (exact) mass is 391 g/mol. The Hall–Kier alpha value is -3.63. The summed E-state index contributed by atoms with van der Waals surface area (Å²) in [5.41, 5.74) is 1.36. The van der Waals surface area contributed by atoms with Crippen molar-refractivity contribution in [2.24, 2.45) is 5.16 Å². The Bertz CT molecular complexity index is 974. The Morgan fingerprint density at radius 2 is 1.89 bits per heavy atom. The number of nitrogens with one attached hydrogen (secondary N) is 1. The molecule has 8 nitrogen and oxygen atoms in total. The molecule has 0 saturated heterocycles. The van der Waals surface area contributed by atoms with Crippen LogP contribution in [0, 0.1) is 0 Å². The molecule has 1 aromatic heterocycles. The maximum absolute atomic E-state index is 12.2. The number of oxime groups is 1. The molecule has 1 aliphatic heterocycles. The molecule has 4 rings (SSSR count). The number of rotatable bonds is 4. The number of hydrogen-bond donors (Lipinski definition) is 1. The van der Waals surface area contributed by atoms with Gasteiger partial charge in [-0.2, -0.15) is 5.21 Å². The van der Waals surface area contributed by atoms with Crippen molar-refractivity contribution in [1.82, 2.24) is 20.6 Å². The zero-order chi connectivity index (χ0) is 19.6. The van der Waals surface area contributed by atoms with Crippen LogP contribution in [0.3, 0.4) is 0 Å². The van der Waals surface area contributed by atoms with Gasteiger partial charge in [-0.15, -0.1) is 23.4 Å². The topological polar surface area (TPSA) is 94.5 Å². The third-order valence-corrected chi connectivity index (χ3v) is 3.80. The lowest BCUT2D eigenvalue weighted by molar-refractivity contribution is -0.274. The fourth-order valence-electron chi connectivity index (χ4n) is 2.60. The Morgan fingerprint density at radius 3 is 2.61 bits per heavy atom. The van der Waals surface area contributed by atoms with Gasteiger partial charge in [0, 0.05) is 5.56 Å². The lowest BCUT2D eigenvalue weighted by Gasteiger charge is -2.11. The van der Waals surface area contributed by atoms with E-state index in [1.165, 1.54) is 24.3 Å². The second-order valence-corrected chi connectivity index (χ2v) is 5.77. The fraction of sp³-hybridized carbons (Fsp3) is 0.176. The van der Waals surface area contributed by atoms with Gasteiger partial charge in [0.25, 0.3) is 0 Å². The molecular formula is C17H12F3N5O3. The van der Waals surface area contributed by atoms with Crippen molar-refractivity contribution in [3.63, 3.8) is 0 Å². The van der Waals surface area contributed by atoms with E-state index in [9.17, 15) is 13.2 Å². The lowest BCUT2D eigenvalue weighted by Crippen LogP contribution is -2.17. The van der Waals surface area contributed by atoms with Crippen LogP contribution < -0.4 is 9.47 Å². The lowest BCUT2D eigenvalue weighted by atomic mass is 10.1. The number of alkyl halides is 3. The largest absolute Gasteiger partial charge is 0.573 e. The molecule has 0 unspecified atom stereocenters. The predicted molar refractivity (Wildman–Crippen MR) is 89.2 cm³/mol. The number of nitrogens with zero attached hydrogens (tertiary/aromatic N) is 4. The Morgan fingerprint density at radius 1 is 1.07 bits per heavy atom. The molecule has 11 heteroatoms. The van der Waals surface area contributed by atoms with Gasteiger partial charge in [0.05, 0.1) is 6.42 Å². The smallest absolute Gasteiger partial charge is 0.440 e. The highest BCUT2D eigenvalue weighted by atomic mass is 19.4. The van der Waals surface area contributed by atoms with E-state index in [4.69, 9.17) is 9.57 Å². The van der Waals surface area contributed by atoms with Gasteiger partial charge >= 0.3 is 6.36 Å². The first-order valence-corrected chi connectivity index (χ1v) is 8.06. The summed E-state index contributed by atoms with van der Waals surface area (Å²) in [6, 6.07) is 12.5. The van der Waals surface area contributed by atoms with Gasteiger partial charge in [0.1, 0.15) is 11.5 Å². The number of aromatic nitrogens is 4. The van der Waals surface area contributed by atoms with E-state index >= 15 is 0 Å². The third kappa shape index (κ3) is 4.19. The van der Waals surface area contributed by atoms with Crippen LogP contribution in [0.5, 0.6) is 11.5 Å². The molecule has 1 atom stereocenters. The SMILES string of the molecule is FC(F)(F)Oc1ccc([C@@H]2CC(Oc3cccc(-c4nn[nH]n4)c3)=NO2)cc1. The van der Waals surface area contributed by atoms with E-state index < -0.39 is 12.5 Å². The molecule has 144 valence electrons. The van der Waals surface area contributed by atoms with E-state index in [2.05, 4.69) is 30.5 Å². The van der Waals surface area contributed by atoms with Crippen LogP contribution in [0.15, 0.2) is 53.7 Å². The van der Waals surface area contributed by atoms with Crippen molar-refractivity contribution in [1.29, 1.82) is 0 Å². The molecule has 0 radical (unpaired) electrons. The summed E-state index contributed by atoms with van der Waals surface area (Å²) < 4.78 is 46.2. The summed E-state index contributed by atoms with van der Waals surface area (Å²) in [4.78, 5) is 5.33. The van der Waals surface area contributed by atoms with Crippen molar-refractivity contribution in [2.45, 2.75) is 18.9 Å². The number of hydrogen-bond acceptors (Lipinski definition) is 7. The summed E-state index contributed by atoms with van der Waals surface area (Å²) in [5, 5.41) is 17.6. The summed E-state index contributed by atoms with van der Waals surface area (Å²) in [6.45, 7) is 0. The normalized spacial score (nSPS) is 16.4. The van der Waals surface area contributed by atoms with Gasteiger partial charge in [-0.3, -0.25) is 0 Å². The van der Waals surface area contributed by atoms with Gasteiger partial charge in [0.2, 0.25) is 11.7 Å². The standard InChI is InChI=1S/C17H12F3N5O3/c18-17(19,20)27-12-6-4-10(5-7-12)14-9-15(23-28-14)26-13-3-1-2-11(8-13)16-21-24-25-22-16/h1-8,14H,9H2,(H,21,22,24,25)/t14-/m0/s1. The van der Waals surface area contributed by atoms with Crippen LogP contribution in [0.1, 0.15) is 18.1 Å². The van der Waals surface area contributed by atoms with Crippen LogP contribution in [0.4, 0.5) is 13.2 Å². The molecule has 28 heavy (non-hydrogen) atoms. The first-order valence-electron chi connectivity index (χ1n) is 8.06. The van der Waals surface area contributed by atoms with Gasteiger partial charge in [-0.25, -0.2) is 0 Å². The minimum atomic E-state index is -4.73. The van der Waals surface area contributed by atoms with E-state index in [1.54, 1.807) is 24.3 Å². The molecule has 0 aliphatic carbocycles. The van der Waals surface area contributed by atoms with Gasteiger partial charge in [-0.1, -0.05) is 29.4 Å². The average molecular weight is 391 g/mol. The molecule has 1 aliphatic rings. The van der Waals surface area contributed by atoms with Crippen LogP contribution >= 0.6 is 0 Å². The van der Waals surface area contributed by atoms with E-state index in [1.807, 2.05) is 0 Å². The molecule has 0 saturated carbocycles. The molecule has 0 amide bonds. The summed E-state index contributed by atoms with van der Waals surface area (Å²) in [5.74, 6) is 0.976. The van der Waals surface area contributed by atoms with Crippen molar-refractivity contribution in [2.75, 3.05) is 0 Å². The van der Waals surface area contributed by atoms with Crippen LogP contribution in [0.2, 0.25) is 0 Å². The highest BCUT2D eigenvalue weighted by molar-refractivity contribution is 5.80. The molecule has 2 aromatic carbocycles. The van der Waals surface area contributed by atoms with Crippen LogP contribution in [-0.2, 0) is 4.84 Å². The molecular weight excluding hydrogens is 379 g/mol. The number of ether oxygens (including phenoxy) is 2. The second kappa shape index (κ2) is 7.18. The quantitative estimate of drug-likeness (QED) is 0.730. The molecule has 0 spiro atoms. The molecule has 0 fully saturated rings. The first-order chi connectivity index (χ1) is 13.5. The number of aromatic amines is 1. The summed E-state index contributed by atoms with van der Waals surface area (Å²) >= 11 is 0. The van der Waals surface area contributed by atoms with Crippen LogP contribution in [-0.4, -0.2) is 32.9 Å². The van der Waals surface area contributed by atoms with Crippen molar-refractivity contribution < 1.29 is 27.5 Å². The third-order valence-electron chi connectivity index (χ3n) is 3.80. The Balaban J connectivity index is 1.39. The Labute approximate surface area is 155 Å². The van der Waals surface area contributed by atoms with E-state index in [-0.39, 0.29) is 5.75 Å². The van der Waals surface area contributed by atoms with E-state index in [0.29, 0.717) is 35.0 Å². The van der Waals surface area contributed by atoms with Gasteiger partial charge < -0.3 is 14.3 Å². The molecule has 1 N–H and O–H groups in total. The van der Waals surface area contributed by atoms with Crippen molar-refractivity contribution in [3.05, 3.63) is 54.1 Å². The number of benzene rings is 2. The number of tetrazole rings is 1. The first kappa shape index (κ1) is 17.8. The number of halogens is 3. The second-order valence-electron chi connectivity index (χ2n) is 5.77. The number of H-pyrrole nitrogens is 1. The van der Waals surface area contributed by atoms with Gasteiger partial charge in [-0.05, 0) is 35.0 Å². The maximum Gasteiger partial charge on any atom is 0.573 e. The van der Waals surface area contributed by atoms with Crippen molar-refractivity contribution >= 4 is 5.90 Å². The zero-order valence-corrected chi connectivity index (χ0v) is 14.1. The Kier molecular flexibility index (Phi) is 4.55. The highest BCUT2D eigenvalue weighted by Gasteiger charge is 2.31. The highest BCUT2D eigenvalue weighted by Crippen LogP contribution is 2.31. The fourth-order valence-corrected chi connectivity index (χ4v) is 2.60. The summed E-state index contributed by atoms with van der Waals surface area (Å²) in [6.07, 6.45) is -4.87. The minimum Gasteiger partial charge on any atom is -0.440 e. The van der Waals surface area contributed by atoms with Crippen LogP contribution in [0.25, 0.3) is 11.4 Å².